The normalized spacial score (nSPS) is 8.04. The van der Waals surface area contributed by atoms with Crippen molar-refractivity contribution in [2.45, 2.75) is 71.1 Å². The van der Waals surface area contributed by atoms with Gasteiger partial charge in [0.2, 0.25) is 0 Å². The van der Waals surface area contributed by atoms with Crippen LogP contribution in [-0.4, -0.2) is 11.7 Å². The van der Waals surface area contributed by atoms with E-state index in [-0.39, 0.29) is 51.4 Å². The number of aliphatic carboxylic acids is 1. The molecule has 0 aromatic carbocycles. The maximum atomic E-state index is 9.14. The van der Waals surface area contributed by atoms with E-state index in [4.69, 9.17) is 15.2 Å². The summed E-state index contributed by atoms with van der Waals surface area (Å²) >= 11 is 4.20. The van der Waals surface area contributed by atoms with Gasteiger partial charge in [-0.1, -0.05) is 77.9 Å². The maximum Gasteiger partial charge on any atom is 1.00 e. The summed E-state index contributed by atoms with van der Waals surface area (Å²) in [6.07, 6.45) is 16.1. The van der Waals surface area contributed by atoms with Crippen LogP contribution in [0.3, 0.4) is 0 Å². The van der Waals surface area contributed by atoms with Crippen LogP contribution in [0, 0.1) is 11.3 Å². The van der Waals surface area contributed by atoms with Gasteiger partial charge in [0.25, 0.3) is 0 Å². The van der Waals surface area contributed by atoms with Gasteiger partial charge in [-0.15, -0.1) is 0 Å². The van der Waals surface area contributed by atoms with Crippen LogP contribution in [0.1, 0.15) is 71.1 Å². The molecule has 0 bridgehead atoms. The summed E-state index contributed by atoms with van der Waals surface area (Å²) in [7, 11) is 0. The molecule has 0 saturated carbocycles. The standard InChI is InChI=1S/C12H26S.C3H3N.C3H4O2.K/c1-2-3-4-5-6-7-8-9-10-11-12-13;1-2-3-4;1-2-3(4)5;/h13H,2-12H2,1H3;2H,1H2;2H,1H2,(H,4,5);/q;;;+1/p-1. The van der Waals surface area contributed by atoms with Crippen molar-refractivity contribution in [3.05, 3.63) is 25.3 Å². The topological polar surface area (TPSA) is 63.9 Å². The summed E-state index contributed by atoms with van der Waals surface area (Å²) in [5.41, 5.74) is 0. The number of nitrogens with zero attached hydrogens (tertiary/aromatic N) is 1. The smallest absolute Gasteiger partial charge is 0.545 e. The number of carbonyl (C=O) groups excluding carboxylic acids is 1. The number of hydrogen-bond donors (Lipinski definition) is 1. The average molecular weight is 366 g/mol. The van der Waals surface area contributed by atoms with Crippen molar-refractivity contribution in [1.29, 1.82) is 5.26 Å². The Bertz CT molecular complexity index is 281. The van der Waals surface area contributed by atoms with E-state index in [0.717, 1.165) is 11.8 Å². The van der Waals surface area contributed by atoms with E-state index < -0.39 is 5.97 Å². The molecule has 3 nitrogen and oxygen atoms in total. The second-order valence-electron chi connectivity index (χ2n) is 4.76. The molecule has 0 fully saturated rings. The first kappa shape index (κ1) is 31.2. The van der Waals surface area contributed by atoms with Gasteiger partial charge >= 0.3 is 51.4 Å². The van der Waals surface area contributed by atoms with Crippen LogP contribution in [0.5, 0.6) is 0 Å². The van der Waals surface area contributed by atoms with E-state index in [0.29, 0.717) is 0 Å². The van der Waals surface area contributed by atoms with Gasteiger partial charge in [-0.25, -0.2) is 0 Å². The van der Waals surface area contributed by atoms with Gasteiger partial charge in [0.1, 0.15) is 0 Å². The zero-order valence-electron chi connectivity index (χ0n) is 15.1. The van der Waals surface area contributed by atoms with Crippen molar-refractivity contribution >= 4 is 18.6 Å². The summed E-state index contributed by atoms with van der Waals surface area (Å²) in [6, 6.07) is 1.69. The third-order valence-electron chi connectivity index (χ3n) is 2.77. The van der Waals surface area contributed by atoms with E-state index in [1.807, 2.05) is 0 Å². The molecule has 0 heterocycles. The molecule has 23 heavy (non-hydrogen) atoms. The number of carboxylic acid groups (broad SMARTS) is 1. The van der Waals surface area contributed by atoms with Crippen LogP contribution in [0.4, 0.5) is 0 Å². The Labute approximate surface area is 191 Å². The molecule has 5 heteroatoms. The molecule has 0 atom stereocenters. The van der Waals surface area contributed by atoms with Crippen molar-refractivity contribution in [3.63, 3.8) is 0 Å². The zero-order valence-corrected chi connectivity index (χ0v) is 19.1. The minimum atomic E-state index is -1.23. The Kier molecular flexibility index (Phi) is 46.0. The molecule has 0 N–H and O–H groups in total. The van der Waals surface area contributed by atoms with E-state index in [9.17, 15) is 0 Å². The molecular formula is C18H32KNO2S. The van der Waals surface area contributed by atoms with Crippen LogP contribution >= 0.6 is 12.6 Å². The van der Waals surface area contributed by atoms with Gasteiger partial charge in [0, 0.05) is 6.08 Å². The molecule has 0 spiro atoms. The van der Waals surface area contributed by atoms with Crippen LogP contribution < -0.4 is 56.5 Å². The van der Waals surface area contributed by atoms with E-state index in [1.54, 1.807) is 6.07 Å². The Balaban J connectivity index is -0.000000150. The number of carbonyl (C=O) groups is 1. The fourth-order valence-corrected chi connectivity index (χ4v) is 1.82. The van der Waals surface area contributed by atoms with Crippen molar-refractivity contribution in [2.75, 3.05) is 5.75 Å². The number of carboxylic acids is 1. The van der Waals surface area contributed by atoms with Gasteiger partial charge in [0.15, 0.2) is 0 Å². The minimum Gasteiger partial charge on any atom is -0.545 e. The molecule has 0 aliphatic rings. The molecule has 0 aromatic heterocycles. The largest absolute Gasteiger partial charge is 1.00 e. The summed E-state index contributed by atoms with van der Waals surface area (Å²) in [5.74, 6) is -0.166. The molecule has 0 radical (unpaired) electrons. The second-order valence-corrected chi connectivity index (χ2v) is 5.21. The third-order valence-corrected chi connectivity index (χ3v) is 3.09. The predicted molar refractivity (Wildman–Crippen MR) is 96.7 cm³/mol. The van der Waals surface area contributed by atoms with Crippen molar-refractivity contribution in [1.82, 2.24) is 0 Å². The second kappa shape index (κ2) is 33.9. The summed E-state index contributed by atoms with van der Waals surface area (Å²) < 4.78 is 0. The number of rotatable bonds is 11. The molecule has 0 aliphatic carbocycles. The van der Waals surface area contributed by atoms with Crippen molar-refractivity contribution in [3.8, 4) is 6.07 Å². The number of hydrogen-bond acceptors (Lipinski definition) is 4. The molecule has 128 valence electrons. The number of allylic oxidation sites excluding steroid dienone is 1. The van der Waals surface area contributed by atoms with Gasteiger partial charge < -0.3 is 9.90 Å². The van der Waals surface area contributed by atoms with Gasteiger partial charge in [-0.05, 0) is 18.2 Å². The SMILES string of the molecule is C=CC#N.C=CC(=O)[O-].CCCCCCCCCCCCS.[K+]. The average Bonchev–Trinajstić information content (AvgIpc) is 2.54. The fraction of sp³-hybridized carbons (Fsp3) is 0.667. The quantitative estimate of drug-likeness (QED) is 0.198. The van der Waals surface area contributed by atoms with E-state index in [1.165, 1.54) is 70.3 Å². The van der Waals surface area contributed by atoms with E-state index >= 15 is 0 Å². The first-order valence-electron chi connectivity index (χ1n) is 8.05. The van der Waals surface area contributed by atoms with Crippen LogP contribution in [0.2, 0.25) is 0 Å². The Morgan fingerprint density at radius 1 is 1.04 bits per heavy atom. The van der Waals surface area contributed by atoms with Crippen LogP contribution in [0.15, 0.2) is 25.3 Å². The molecule has 0 unspecified atom stereocenters. The zero-order chi connectivity index (χ0) is 17.5. The number of nitriles is 1. The van der Waals surface area contributed by atoms with Crippen molar-refractivity contribution in [2.24, 2.45) is 0 Å². The van der Waals surface area contributed by atoms with Gasteiger partial charge in [0.05, 0.1) is 12.0 Å². The van der Waals surface area contributed by atoms with Gasteiger partial charge in [-0.2, -0.15) is 17.9 Å². The maximum absolute atomic E-state index is 9.14. The minimum absolute atomic E-state index is 0. The van der Waals surface area contributed by atoms with E-state index in [2.05, 4.69) is 32.7 Å². The molecule has 0 aromatic rings. The fourth-order valence-electron chi connectivity index (χ4n) is 1.60. The molecule has 0 rings (SSSR count). The first-order valence-corrected chi connectivity index (χ1v) is 8.68. The number of thiol groups is 1. The predicted octanol–water partition coefficient (Wildman–Crippen LogP) is 1.46. The number of unbranched alkanes of at least 4 members (excludes halogenated alkanes) is 9. The molecular weight excluding hydrogens is 333 g/mol. The monoisotopic (exact) mass is 365 g/mol. The molecule has 0 saturated heterocycles. The Hall–Kier alpha value is 0.426. The summed E-state index contributed by atoms with van der Waals surface area (Å²) in [6.45, 7) is 8.29. The third kappa shape index (κ3) is 51.9. The summed E-state index contributed by atoms with van der Waals surface area (Å²) in [5, 5.41) is 16.6. The Morgan fingerprint density at radius 3 is 1.57 bits per heavy atom. The Morgan fingerprint density at radius 2 is 1.35 bits per heavy atom. The molecule has 0 amide bonds. The molecule has 0 aliphatic heterocycles. The summed E-state index contributed by atoms with van der Waals surface area (Å²) in [4.78, 5) is 9.14. The van der Waals surface area contributed by atoms with Crippen LogP contribution in [-0.2, 0) is 4.79 Å². The van der Waals surface area contributed by atoms with Crippen molar-refractivity contribution < 1.29 is 61.3 Å². The van der Waals surface area contributed by atoms with Crippen LogP contribution in [0.25, 0.3) is 0 Å². The van der Waals surface area contributed by atoms with Gasteiger partial charge in [-0.3, -0.25) is 0 Å². The first-order chi connectivity index (χ1) is 10.6.